The van der Waals surface area contributed by atoms with E-state index in [2.05, 4.69) is 0 Å². The summed E-state index contributed by atoms with van der Waals surface area (Å²) in [7, 11) is 0. The van der Waals surface area contributed by atoms with Crippen LogP contribution < -0.4 is 4.74 Å². The number of carboxylic acid groups (broad SMARTS) is 1. The number of benzene rings is 2. The Kier molecular flexibility index (Phi) is 6.63. The van der Waals surface area contributed by atoms with Crippen LogP contribution in [-0.2, 0) is 9.53 Å². The zero-order valence-electron chi connectivity index (χ0n) is 15.7. The second kappa shape index (κ2) is 8.73. The van der Waals surface area contributed by atoms with E-state index in [9.17, 15) is 14.7 Å². The van der Waals surface area contributed by atoms with E-state index in [0.717, 1.165) is 15.7 Å². The molecule has 0 aliphatic heterocycles. The molecule has 7 heteroatoms. The zero-order chi connectivity index (χ0) is 20.0. The maximum atomic E-state index is 12.2. The van der Waals surface area contributed by atoms with Gasteiger partial charge in [0.2, 0.25) is 0 Å². The molecule has 1 amide bonds. The fourth-order valence-electron chi connectivity index (χ4n) is 2.51. The number of aliphatic hydroxyl groups is 1. The third-order valence-electron chi connectivity index (χ3n) is 3.59. The molecular weight excluding hydrogens is 350 g/mol. The summed E-state index contributed by atoms with van der Waals surface area (Å²) in [4.78, 5) is 24.1. The number of carboxylic acids is 1. The van der Waals surface area contributed by atoms with Gasteiger partial charge >= 0.3 is 12.1 Å². The first-order valence-corrected chi connectivity index (χ1v) is 8.64. The van der Waals surface area contributed by atoms with E-state index in [1.165, 1.54) is 0 Å². The summed E-state index contributed by atoms with van der Waals surface area (Å²) in [5, 5.41) is 21.2. The number of carbonyl (C=O) groups excluding carboxylic acids is 1. The predicted molar refractivity (Wildman–Crippen MR) is 101 cm³/mol. The molecule has 1 atom stereocenters. The Morgan fingerprint density at radius 2 is 1.78 bits per heavy atom. The molecule has 146 valence electrons. The average Bonchev–Trinajstić information content (AvgIpc) is 2.57. The van der Waals surface area contributed by atoms with Crippen LogP contribution in [0.1, 0.15) is 20.8 Å². The first-order valence-electron chi connectivity index (χ1n) is 8.64. The minimum absolute atomic E-state index is 0.0904. The van der Waals surface area contributed by atoms with Crippen LogP contribution in [0.2, 0.25) is 0 Å². The number of aliphatic carboxylic acids is 1. The Bertz CT molecular complexity index is 793. The molecule has 27 heavy (non-hydrogen) atoms. The van der Waals surface area contributed by atoms with E-state index >= 15 is 0 Å². The average molecular weight is 375 g/mol. The molecule has 0 bridgehead atoms. The van der Waals surface area contributed by atoms with Gasteiger partial charge in [0.15, 0.2) is 0 Å². The first kappa shape index (κ1) is 20.5. The van der Waals surface area contributed by atoms with Gasteiger partial charge in [-0.15, -0.1) is 0 Å². The lowest BCUT2D eigenvalue weighted by molar-refractivity contribution is -0.138. The van der Waals surface area contributed by atoms with Gasteiger partial charge in [-0.1, -0.05) is 36.4 Å². The van der Waals surface area contributed by atoms with Crippen LogP contribution in [0, 0.1) is 0 Å². The molecule has 0 saturated heterocycles. The monoisotopic (exact) mass is 375 g/mol. The topological polar surface area (TPSA) is 96.3 Å². The van der Waals surface area contributed by atoms with Crippen molar-refractivity contribution in [3.8, 4) is 5.75 Å². The number of nitrogens with zero attached hydrogens (tertiary/aromatic N) is 1. The number of ether oxygens (including phenoxy) is 2. The van der Waals surface area contributed by atoms with Gasteiger partial charge in [0.1, 0.15) is 30.6 Å². The highest BCUT2D eigenvalue weighted by atomic mass is 16.6. The van der Waals surface area contributed by atoms with Crippen LogP contribution in [0.15, 0.2) is 42.5 Å². The van der Waals surface area contributed by atoms with Crippen molar-refractivity contribution in [1.82, 2.24) is 4.90 Å². The van der Waals surface area contributed by atoms with Gasteiger partial charge in [-0.2, -0.15) is 0 Å². The van der Waals surface area contributed by atoms with Gasteiger partial charge < -0.3 is 19.7 Å². The lowest BCUT2D eigenvalue weighted by Gasteiger charge is -2.27. The van der Waals surface area contributed by atoms with Gasteiger partial charge in [-0.25, -0.2) is 4.79 Å². The van der Waals surface area contributed by atoms with Gasteiger partial charge in [0.05, 0.1) is 6.54 Å². The van der Waals surface area contributed by atoms with E-state index in [1.54, 1.807) is 26.8 Å². The third-order valence-corrected chi connectivity index (χ3v) is 3.59. The molecule has 2 rings (SSSR count). The van der Waals surface area contributed by atoms with Crippen molar-refractivity contribution in [2.75, 3.05) is 19.7 Å². The SMILES string of the molecule is CC(C)(C)OC(=O)N(CC(=O)O)C[C@H](O)COc1cccc2ccccc12. The number of hydrogen-bond donors (Lipinski definition) is 2. The Labute approximate surface area is 158 Å². The third kappa shape index (κ3) is 6.45. The van der Waals surface area contributed by atoms with E-state index < -0.39 is 30.3 Å². The van der Waals surface area contributed by atoms with Crippen molar-refractivity contribution in [3.05, 3.63) is 42.5 Å². The summed E-state index contributed by atoms with van der Waals surface area (Å²) in [6.45, 7) is 4.18. The summed E-state index contributed by atoms with van der Waals surface area (Å²) in [6, 6.07) is 13.3. The normalized spacial score (nSPS) is 12.4. The van der Waals surface area contributed by atoms with Crippen LogP contribution >= 0.6 is 0 Å². The fraction of sp³-hybridized carbons (Fsp3) is 0.400. The molecule has 2 N–H and O–H groups in total. The molecular formula is C20H25NO6. The molecule has 0 radical (unpaired) electrons. The molecule has 0 fully saturated rings. The molecule has 0 unspecified atom stereocenters. The first-order chi connectivity index (χ1) is 12.7. The smallest absolute Gasteiger partial charge is 0.410 e. The maximum absolute atomic E-state index is 12.2. The minimum Gasteiger partial charge on any atom is -0.490 e. The van der Waals surface area contributed by atoms with Crippen LogP contribution in [0.25, 0.3) is 10.8 Å². The predicted octanol–water partition coefficient (Wildman–Crippen LogP) is 2.90. The van der Waals surface area contributed by atoms with E-state index in [-0.39, 0.29) is 13.2 Å². The van der Waals surface area contributed by atoms with E-state index in [1.807, 2.05) is 36.4 Å². The van der Waals surface area contributed by atoms with Crippen LogP contribution in [-0.4, -0.2) is 58.6 Å². The Morgan fingerprint density at radius 1 is 1.11 bits per heavy atom. The van der Waals surface area contributed by atoms with Crippen molar-refractivity contribution in [3.63, 3.8) is 0 Å². The summed E-state index contributed by atoms with van der Waals surface area (Å²) in [5.41, 5.74) is -0.766. The van der Waals surface area contributed by atoms with Gasteiger partial charge in [-0.3, -0.25) is 9.69 Å². The van der Waals surface area contributed by atoms with Crippen molar-refractivity contribution >= 4 is 22.8 Å². The van der Waals surface area contributed by atoms with Gasteiger partial charge in [-0.05, 0) is 32.2 Å². The minimum atomic E-state index is -1.19. The molecule has 0 spiro atoms. The van der Waals surface area contributed by atoms with Crippen LogP contribution in [0.4, 0.5) is 4.79 Å². The molecule has 0 aliphatic carbocycles. The number of aliphatic hydroxyl groups excluding tert-OH is 1. The van der Waals surface area contributed by atoms with Crippen molar-refractivity contribution in [1.29, 1.82) is 0 Å². The molecule has 2 aromatic rings. The number of rotatable bonds is 7. The lowest BCUT2D eigenvalue weighted by Crippen LogP contribution is -2.44. The van der Waals surface area contributed by atoms with Gasteiger partial charge in [0.25, 0.3) is 0 Å². The summed E-state index contributed by atoms with van der Waals surface area (Å²) in [5.74, 6) is -0.586. The molecule has 0 saturated carbocycles. The van der Waals surface area contributed by atoms with Crippen molar-refractivity contribution in [2.24, 2.45) is 0 Å². The Balaban J connectivity index is 2.01. The molecule has 2 aromatic carbocycles. The Morgan fingerprint density at radius 3 is 2.44 bits per heavy atom. The summed E-state index contributed by atoms with van der Waals surface area (Å²) in [6.07, 6.45) is -1.87. The highest BCUT2D eigenvalue weighted by Crippen LogP contribution is 2.25. The second-order valence-electron chi connectivity index (χ2n) is 7.20. The largest absolute Gasteiger partial charge is 0.490 e. The van der Waals surface area contributed by atoms with Crippen molar-refractivity contribution < 1.29 is 29.3 Å². The lowest BCUT2D eigenvalue weighted by atomic mass is 10.1. The van der Waals surface area contributed by atoms with E-state index in [0.29, 0.717) is 5.75 Å². The number of hydrogen-bond acceptors (Lipinski definition) is 5. The van der Waals surface area contributed by atoms with Crippen LogP contribution in [0.5, 0.6) is 5.75 Å². The molecule has 0 aromatic heterocycles. The summed E-state index contributed by atoms with van der Waals surface area (Å²) >= 11 is 0. The molecule has 0 aliphatic rings. The highest BCUT2D eigenvalue weighted by molar-refractivity contribution is 5.88. The zero-order valence-corrected chi connectivity index (χ0v) is 15.7. The quantitative estimate of drug-likeness (QED) is 0.772. The van der Waals surface area contributed by atoms with Crippen molar-refractivity contribution in [2.45, 2.75) is 32.5 Å². The summed E-state index contributed by atoms with van der Waals surface area (Å²) < 4.78 is 10.9. The highest BCUT2D eigenvalue weighted by Gasteiger charge is 2.26. The van der Waals surface area contributed by atoms with E-state index in [4.69, 9.17) is 14.6 Å². The maximum Gasteiger partial charge on any atom is 0.410 e. The number of fused-ring (bicyclic) bond motifs is 1. The van der Waals surface area contributed by atoms with Crippen LogP contribution in [0.3, 0.4) is 0 Å². The van der Waals surface area contributed by atoms with Gasteiger partial charge in [0, 0.05) is 5.39 Å². The molecule has 7 nitrogen and oxygen atoms in total. The standard InChI is InChI=1S/C20H25NO6/c1-20(2,3)27-19(25)21(12-18(23)24)11-15(22)13-26-17-10-6-8-14-7-4-5-9-16(14)17/h4-10,15,22H,11-13H2,1-3H3,(H,23,24)/t15-/m0/s1. The number of carbonyl (C=O) groups is 2. The Hall–Kier alpha value is -2.80. The fourth-order valence-corrected chi connectivity index (χ4v) is 2.51. The second-order valence-corrected chi connectivity index (χ2v) is 7.20. The molecule has 0 heterocycles. The number of amides is 1.